The second-order valence-corrected chi connectivity index (χ2v) is 6.03. The molecule has 0 radical (unpaired) electrons. The first kappa shape index (κ1) is 17.7. The lowest BCUT2D eigenvalue weighted by atomic mass is 9.93. The molecule has 27 heavy (non-hydrogen) atoms. The largest absolute Gasteiger partial charge is 0.232 e. The Morgan fingerprint density at radius 3 is 1.33 bits per heavy atom. The first-order chi connectivity index (χ1) is 13.0. The van der Waals surface area contributed by atoms with Crippen molar-refractivity contribution in [2.75, 3.05) is 0 Å². The first-order valence-corrected chi connectivity index (χ1v) is 8.16. The summed E-state index contributed by atoms with van der Waals surface area (Å²) in [5.74, 6) is -0.0156. The Balaban J connectivity index is 2.66. The predicted molar refractivity (Wildman–Crippen MR) is 94.9 cm³/mol. The Morgan fingerprint density at radius 2 is 1.04 bits per heavy atom. The smallest absolute Gasteiger partial charge is 0.177 e. The topological polar surface area (TPSA) is 147 Å². The molecule has 0 saturated heterocycles. The summed E-state index contributed by atoms with van der Waals surface area (Å²) in [5.41, 5.74) is 2.86. The third kappa shape index (κ3) is 2.58. The molecular weight excluding hydrogens is 340 g/mol. The van der Waals surface area contributed by atoms with Crippen LogP contribution in [0.5, 0.6) is 0 Å². The fraction of sp³-hybridized carbons (Fsp3) is 0.263. The Bertz CT molecular complexity index is 1190. The number of aryl methyl sites for hydroxylation is 1. The molecule has 8 heteroatoms. The number of rotatable bonds is 2. The van der Waals surface area contributed by atoms with Crippen molar-refractivity contribution in [3.63, 3.8) is 0 Å². The van der Waals surface area contributed by atoms with Crippen molar-refractivity contribution in [3.8, 4) is 24.3 Å². The summed E-state index contributed by atoms with van der Waals surface area (Å²) >= 11 is 0. The predicted octanol–water partition coefficient (Wildman–Crippen LogP) is 2.88. The molecule has 3 aromatic rings. The molecule has 0 fully saturated rings. The van der Waals surface area contributed by atoms with Crippen molar-refractivity contribution < 1.29 is 0 Å². The Kier molecular flexibility index (Phi) is 4.34. The van der Waals surface area contributed by atoms with Gasteiger partial charge in [-0.05, 0) is 19.3 Å². The lowest BCUT2D eigenvalue weighted by Crippen LogP contribution is -2.07. The SMILES string of the molecule is CCC(C)c1c2nc(C#N)c(C#N)nc2c(C)c2nc(C#N)c(C#N)nc12. The molecular formula is C19H12N8. The lowest BCUT2D eigenvalue weighted by Gasteiger charge is -2.17. The van der Waals surface area contributed by atoms with E-state index in [0.29, 0.717) is 33.2 Å². The van der Waals surface area contributed by atoms with Crippen molar-refractivity contribution in [2.24, 2.45) is 0 Å². The van der Waals surface area contributed by atoms with Gasteiger partial charge in [0.15, 0.2) is 22.8 Å². The molecule has 1 atom stereocenters. The Hall–Kier alpha value is -4.14. The highest BCUT2D eigenvalue weighted by atomic mass is 14.9. The van der Waals surface area contributed by atoms with Gasteiger partial charge in [0.05, 0.1) is 22.1 Å². The van der Waals surface area contributed by atoms with E-state index in [4.69, 9.17) is 0 Å². The van der Waals surface area contributed by atoms with Crippen molar-refractivity contribution in [2.45, 2.75) is 33.1 Å². The van der Waals surface area contributed by atoms with Crippen LogP contribution in [-0.2, 0) is 0 Å². The monoisotopic (exact) mass is 352 g/mol. The van der Waals surface area contributed by atoms with Gasteiger partial charge in [0.25, 0.3) is 0 Å². The molecule has 3 rings (SSSR count). The van der Waals surface area contributed by atoms with Crippen LogP contribution in [-0.4, -0.2) is 19.9 Å². The van der Waals surface area contributed by atoms with Gasteiger partial charge in [-0.3, -0.25) is 0 Å². The number of fused-ring (bicyclic) bond motifs is 2. The van der Waals surface area contributed by atoms with E-state index < -0.39 is 0 Å². The minimum atomic E-state index is -0.0651. The van der Waals surface area contributed by atoms with E-state index in [-0.39, 0.29) is 28.7 Å². The standard InChI is InChI=1S/C19H12N8/c1-4-9(2)15-18-16(24-11(5-20)13(7-22)26-18)10(3)17-19(15)27-14(8-23)12(6-21)25-17/h9H,4H2,1-3H3. The molecule has 0 bridgehead atoms. The Labute approximate surface area is 155 Å². The van der Waals surface area contributed by atoms with Crippen molar-refractivity contribution in [1.82, 2.24) is 19.9 Å². The molecule has 1 unspecified atom stereocenters. The molecule has 8 nitrogen and oxygen atoms in total. The van der Waals surface area contributed by atoms with Gasteiger partial charge < -0.3 is 0 Å². The minimum absolute atomic E-state index is 0.0156. The number of benzene rings is 1. The number of hydrogen-bond donors (Lipinski definition) is 0. The minimum Gasteiger partial charge on any atom is -0.232 e. The third-order valence-corrected chi connectivity index (χ3v) is 4.54. The van der Waals surface area contributed by atoms with Crippen LogP contribution < -0.4 is 0 Å². The summed E-state index contributed by atoms with van der Waals surface area (Å²) in [5, 5.41) is 37.2. The molecule has 2 aromatic heterocycles. The van der Waals surface area contributed by atoms with Crippen molar-refractivity contribution in [1.29, 1.82) is 21.0 Å². The van der Waals surface area contributed by atoms with Crippen LogP contribution in [0, 0.1) is 52.2 Å². The van der Waals surface area contributed by atoms with Gasteiger partial charge in [-0.25, -0.2) is 19.9 Å². The molecule has 0 amide bonds. The number of aromatic nitrogens is 4. The molecule has 128 valence electrons. The normalized spacial score (nSPS) is 11.4. The fourth-order valence-corrected chi connectivity index (χ4v) is 2.98. The maximum absolute atomic E-state index is 9.32. The molecule has 0 N–H and O–H groups in total. The van der Waals surface area contributed by atoms with Gasteiger partial charge in [-0.1, -0.05) is 13.8 Å². The zero-order valence-corrected chi connectivity index (χ0v) is 14.9. The maximum Gasteiger partial charge on any atom is 0.177 e. The number of hydrogen-bond acceptors (Lipinski definition) is 8. The van der Waals surface area contributed by atoms with Gasteiger partial charge in [-0.2, -0.15) is 21.0 Å². The molecule has 0 aliphatic carbocycles. The molecule has 1 aromatic carbocycles. The Morgan fingerprint density at radius 1 is 0.704 bits per heavy atom. The number of nitrogens with zero attached hydrogens (tertiary/aromatic N) is 8. The molecule has 0 aliphatic heterocycles. The maximum atomic E-state index is 9.32. The van der Waals surface area contributed by atoms with E-state index in [0.717, 1.165) is 6.42 Å². The summed E-state index contributed by atoms with van der Waals surface area (Å²) in [7, 11) is 0. The van der Waals surface area contributed by atoms with E-state index in [9.17, 15) is 21.0 Å². The van der Waals surface area contributed by atoms with Crippen LogP contribution in [0.4, 0.5) is 0 Å². The van der Waals surface area contributed by atoms with Gasteiger partial charge in [-0.15, -0.1) is 0 Å². The van der Waals surface area contributed by atoms with E-state index in [1.165, 1.54) is 0 Å². The van der Waals surface area contributed by atoms with Crippen LogP contribution in [0.25, 0.3) is 22.1 Å². The van der Waals surface area contributed by atoms with E-state index in [1.807, 2.05) is 38.1 Å². The fourth-order valence-electron chi connectivity index (χ4n) is 2.98. The van der Waals surface area contributed by atoms with Crippen LogP contribution in [0.3, 0.4) is 0 Å². The van der Waals surface area contributed by atoms with Gasteiger partial charge >= 0.3 is 0 Å². The summed E-state index contributed by atoms with van der Waals surface area (Å²) < 4.78 is 0. The average molecular weight is 352 g/mol. The van der Waals surface area contributed by atoms with E-state index >= 15 is 0 Å². The molecule has 2 heterocycles. The van der Waals surface area contributed by atoms with Crippen molar-refractivity contribution >= 4 is 22.1 Å². The quantitative estimate of drug-likeness (QED) is 0.639. The highest BCUT2D eigenvalue weighted by Gasteiger charge is 2.23. The van der Waals surface area contributed by atoms with Crippen LogP contribution >= 0.6 is 0 Å². The second kappa shape index (κ2) is 6.64. The summed E-state index contributed by atoms with van der Waals surface area (Å²) in [4.78, 5) is 17.4. The van der Waals surface area contributed by atoms with Gasteiger partial charge in [0, 0.05) is 11.1 Å². The molecule has 0 aliphatic rings. The zero-order chi connectivity index (χ0) is 19.7. The second-order valence-electron chi connectivity index (χ2n) is 6.03. The van der Waals surface area contributed by atoms with Crippen LogP contribution in [0.15, 0.2) is 0 Å². The van der Waals surface area contributed by atoms with Gasteiger partial charge in [0.2, 0.25) is 0 Å². The van der Waals surface area contributed by atoms with Crippen LogP contribution in [0.2, 0.25) is 0 Å². The first-order valence-electron chi connectivity index (χ1n) is 8.16. The zero-order valence-electron chi connectivity index (χ0n) is 14.9. The van der Waals surface area contributed by atoms with E-state index in [1.54, 1.807) is 6.92 Å². The number of nitriles is 4. The third-order valence-electron chi connectivity index (χ3n) is 4.54. The average Bonchev–Trinajstić information content (AvgIpc) is 2.71. The summed E-state index contributed by atoms with van der Waals surface area (Å²) in [6, 6.07) is 7.59. The summed E-state index contributed by atoms with van der Waals surface area (Å²) in [6.07, 6.45) is 0.750. The summed E-state index contributed by atoms with van der Waals surface area (Å²) in [6.45, 7) is 5.71. The highest BCUT2D eigenvalue weighted by Crippen LogP contribution is 2.35. The highest BCUT2D eigenvalue weighted by molar-refractivity contribution is 6.00. The van der Waals surface area contributed by atoms with E-state index in [2.05, 4.69) is 19.9 Å². The molecule has 0 spiro atoms. The van der Waals surface area contributed by atoms with Crippen molar-refractivity contribution in [3.05, 3.63) is 33.9 Å². The molecule has 0 saturated carbocycles. The van der Waals surface area contributed by atoms with Gasteiger partial charge in [0.1, 0.15) is 24.3 Å². The van der Waals surface area contributed by atoms with Crippen LogP contribution in [0.1, 0.15) is 60.1 Å². The lowest BCUT2D eigenvalue weighted by molar-refractivity contribution is 0.741.